The zero-order valence-corrected chi connectivity index (χ0v) is 12.9. The van der Waals surface area contributed by atoms with E-state index in [2.05, 4.69) is 17.0 Å². The maximum Gasteiger partial charge on any atom is 0.270 e. The second-order valence-electron chi connectivity index (χ2n) is 4.38. The molecule has 0 fully saturated rings. The lowest BCUT2D eigenvalue weighted by atomic mass is 10.1. The Morgan fingerprint density at radius 1 is 1.48 bits per heavy atom. The van der Waals surface area contributed by atoms with Crippen LogP contribution in [0.25, 0.3) is 16.2 Å². The molecule has 0 aliphatic rings. The van der Waals surface area contributed by atoms with E-state index in [1.165, 1.54) is 23.5 Å². The van der Waals surface area contributed by atoms with Crippen LogP contribution in [-0.4, -0.2) is 25.3 Å². The van der Waals surface area contributed by atoms with Gasteiger partial charge in [0.25, 0.3) is 5.69 Å². The number of nitro benzene ring substituents is 1. The lowest BCUT2D eigenvalue weighted by molar-refractivity contribution is -0.384. The fourth-order valence-electron chi connectivity index (χ4n) is 1.85. The SMILES string of the molecule is CCCSc1nn2cc(-c3cccc([N+](=O)[O-])c3)nc2s1. The number of nitro groups is 1. The van der Waals surface area contributed by atoms with Crippen LogP contribution in [0.2, 0.25) is 0 Å². The van der Waals surface area contributed by atoms with Crippen LogP contribution in [0.5, 0.6) is 0 Å². The molecule has 2 heterocycles. The van der Waals surface area contributed by atoms with E-state index in [-0.39, 0.29) is 5.69 Å². The van der Waals surface area contributed by atoms with Crippen LogP contribution in [0.1, 0.15) is 13.3 Å². The van der Waals surface area contributed by atoms with Gasteiger partial charge < -0.3 is 0 Å². The molecule has 0 N–H and O–H groups in total. The highest BCUT2D eigenvalue weighted by molar-refractivity contribution is 8.01. The number of non-ortho nitro benzene ring substituents is 1. The van der Waals surface area contributed by atoms with Gasteiger partial charge in [0.15, 0.2) is 4.34 Å². The van der Waals surface area contributed by atoms with Gasteiger partial charge in [-0.15, -0.1) is 5.10 Å². The normalized spacial score (nSPS) is 11.1. The highest BCUT2D eigenvalue weighted by Gasteiger charge is 2.12. The third-order valence-corrected chi connectivity index (χ3v) is 5.07. The fraction of sp³-hybridized carbons (Fsp3) is 0.231. The Kier molecular flexibility index (Phi) is 3.89. The molecule has 21 heavy (non-hydrogen) atoms. The highest BCUT2D eigenvalue weighted by atomic mass is 32.2. The summed E-state index contributed by atoms with van der Waals surface area (Å²) < 4.78 is 2.72. The number of hydrogen-bond acceptors (Lipinski definition) is 6. The molecule has 6 nitrogen and oxygen atoms in total. The van der Waals surface area contributed by atoms with E-state index in [0.717, 1.165) is 27.0 Å². The van der Waals surface area contributed by atoms with E-state index < -0.39 is 4.92 Å². The maximum absolute atomic E-state index is 10.8. The van der Waals surface area contributed by atoms with Gasteiger partial charge in [-0.2, -0.15) is 0 Å². The monoisotopic (exact) mass is 320 g/mol. The summed E-state index contributed by atoms with van der Waals surface area (Å²) in [6.07, 6.45) is 2.91. The molecule has 0 aliphatic carbocycles. The van der Waals surface area contributed by atoms with Gasteiger partial charge in [-0.3, -0.25) is 10.1 Å². The van der Waals surface area contributed by atoms with Gasteiger partial charge >= 0.3 is 0 Å². The van der Waals surface area contributed by atoms with Crippen molar-refractivity contribution in [1.29, 1.82) is 0 Å². The molecule has 0 spiro atoms. The maximum atomic E-state index is 10.8. The molecule has 0 radical (unpaired) electrons. The molecular formula is C13H12N4O2S2. The van der Waals surface area contributed by atoms with Crippen molar-refractivity contribution < 1.29 is 4.92 Å². The van der Waals surface area contributed by atoms with Crippen molar-refractivity contribution in [1.82, 2.24) is 14.6 Å². The zero-order chi connectivity index (χ0) is 14.8. The summed E-state index contributed by atoms with van der Waals surface area (Å²) >= 11 is 3.25. The molecule has 0 atom stereocenters. The smallest absolute Gasteiger partial charge is 0.258 e. The highest BCUT2D eigenvalue weighted by Crippen LogP contribution is 2.28. The summed E-state index contributed by atoms with van der Waals surface area (Å²) in [6, 6.07) is 6.47. The van der Waals surface area contributed by atoms with Crippen molar-refractivity contribution in [3.8, 4) is 11.3 Å². The first-order valence-corrected chi connectivity index (χ1v) is 8.21. The third kappa shape index (κ3) is 2.91. The molecule has 8 heteroatoms. The molecule has 108 valence electrons. The summed E-state index contributed by atoms with van der Waals surface area (Å²) in [6.45, 7) is 2.13. The second-order valence-corrected chi connectivity index (χ2v) is 6.68. The van der Waals surface area contributed by atoms with Gasteiger partial charge in [-0.1, -0.05) is 42.2 Å². The van der Waals surface area contributed by atoms with Crippen LogP contribution in [0.15, 0.2) is 34.8 Å². The van der Waals surface area contributed by atoms with Crippen molar-refractivity contribution in [2.45, 2.75) is 17.7 Å². The van der Waals surface area contributed by atoms with Crippen LogP contribution in [0.3, 0.4) is 0 Å². The molecule has 3 rings (SSSR count). The average Bonchev–Trinajstić information content (AvgIpc) is 3.03. The summed E-state index contributed by atoms with van der Waals surface area (Å²) in [5.41, 5.74) is 1.49. The Labute approximate surface area is 129 Å². The first-order valence-electron chi connectivity index (χ1n) is 6.41. The Hall–Kier alpha value is -1.93. The fourth-order valence-corrected chi connectivity index (χ4v) is 3.70. The minimum atomic E-state index is -0.403. The molecule has 0 aliphatic heterocycles. The first-order chi connectivity index (χ1) is 10.2. The standard InChI is InChI=1S/C13H12N4O2S2/c1-2-6-20-13-15-16-8-11(14-12(16)21-13)9-4-3-5-10(7-9)17(18)19/h3-5,7-8H,2,6H2,1H3. The second kappa shape index (κ2) is 5.82. The number of fused-ring (bicyclic) bond motifs is 1. The number of hydrogen-bond donors (Lipinski definition) is 0. The van der Waals surface area contributed by atoms with Crippen molar-refractivity contribution in [3.05, 3.63) is 40.6 Å². The Morgan fingerprint density at radius 2 is 2.33 bits per heavy atom. The van der Waals surface area contributed by atoms with Crippen LogP contribution in [0, 0.1) is 10.1 Å². The quantitative estimate of drug-likeness (QED) is 0.405. The molecule has 0 unspecified atom stereocenters. The van der Waals surface area contributed by atoms with Gasteiger partial charge in [0.05, 0.1) is 16.8 Å². The molecule has 3 aromatic rings. The van der Waals surface area contributed by atoms with E-state index in [0.29, 0.717) is 5.69 Å². The lowest BCUT2D eigenvalue weighted by Gasteiger charge is -1.96. The van der Waals surface area contributed by atoms with E-state index in [9.17, 15) is 10.1 Å². The molecule has 1 aromatic carbocycles. The Bertz CT molecular complexity index is 765. The van der Waals surface area contributed by atoms with Crippen LogP contribution in [-0.2, 0) is 0 Å². The molecule has 0 saturated heterocycles. The Balaban J connectivity index is 1.92. The summed E-state index contributed by atoms with van der Waals surface area (Å²) in [7, 11) is 0. The van der Waals surface area contributed by atoms with Crippen molar-refractivity contribution in [2.24, 2.45) is 0 Å². The number of benzene rings is 1. The van der Waals surface area contributed by atoms with Gasteiger partial charge in [-0.25, -0.2) is 9.50 Å². The molecule has 0 bridgehead atoms. The van der Waals surface area contributed by atoms with Crippen molar-refractivity contribution in [2.75, 3.05) is 5.75 Å². The predicted molar refractivity (Wildman–Crippen MR) is 84.0 cm³/mol. The summed E-state index contributed by atoms with van der Waals surface area (Å²) in [4.78, 5) is 15.7. The molecule has 0 amide bonds. The van der Waals surface area contributed by atoms with Crippen molar-refractivity contribution in [3.63, 3.8) is 0 Å². The molecule has 0 saturated carbocycles. The minimum absolute atomic E-state index is 0.0657. The topological polar surface area (TPSA) is 73.3 Å². The van der Waals surface area contributed by atoms with E-state index in [4.69, 9.17) is 0 Å². The largest absolute Gasteiger partial charge is 0.270 e. The zero-order valence-electron chi connectivity index (χ0n) is 11.2. The number of thioether (sulfide) groups is 1. The summed E-state index contributed by atoms with van der Waals surface area (Å²) in [5, 5.41) is 15.3. The van der Waals surface area contributed by atoms with E-state index in [1.54, 1.807) is 28.5 Å². The molecular weight excluding hydrogens is 308 g/mol. The van der Waals surface area contributed by atoms with E-state index >= 15 is 0 Å². The number of aromatic nitrogens is 3. The first kappa shape index (κ1) is 14.0. The van der Waals surface area contributed by atoms with Crippen molar-refractivity contribution >= 4 is 33.7 Å². The molecule has 2 aromatic heterocycles. The van der Waals surface area contributed by atoms with Gasteiger partial charge in [-0.05, 0) is 6.42 Å². The predicted octanol–water partition coefficient (Wildman–Crippen LogP) is 3.87. The number of rotatable bonds is 5. The minimum Gasteiger partial charge on any atom is -0.258 e. The van der Waals surface area contributed by atoms with Crippen LogP contribution < -0.4 is 0 Å². The lowest BCUT2D eigenvalue weighted by Crippen LogP contribution is -1.88. The van der Waals surface area contributed by atoms with Gasteiger partial charge in [0.2, 0.25) is 4.96 Å². The van der Waals surface area contributed by atoms with Gasteiger partial charge in [0.1, 0.15) is 0 Å². The van der Waals surface area contributed by atoms with Gasteiger partial charge in [0, 0.05) is 23.4 Å². The third-order valence-electron chi connectivity index (χ3n) is 2.81. The van der Waals surface area contributed by atoms with Crippen LogP contribution in [0.4, 0.5) is 5.69 Å². The Morgan fingerprint density at radius 3 is 3.05 bits per heavy atom. The van der Waals surface area contributed by atoms with Crippen LogP contribution >= 0.6 is 23.1 Å². The number of nitrogens with zero attached hydrogens (tertiary/aromatic N) is 4. The average molecular weight is 320 g/mol. The summed E-state index contributed by atoms with van der Waals surface area (Å²) in [5.74, 6) is 1.04. The number of imidazole rings is 1. The van der Waals surface area contributed by atoms with E-state index in [1.807, 2.05) is 6.07 Å².